The van der Waals surface area contributed by atoms with E-state index in [1.165, 1.54) is 9.87 Å². The summed E-state index contributed by atoms with van der Waals surface area (Å²) in [5.41, 5.74) is 5.82. The number of piperazine rings is 1. The van der Waals surface area contributed by atoms with Gasteiger partial charge in [-0.25, -0.2) is 13.1 Å². The monoisotopic (exact) mass is 464 g/mol. The van der Waals surface area contributed by atoms with Gasteiger partial charge in [-0.05, 0) is 57.4 Å². The van der Waals surface area contributed by atoms with Gasteiger partial charge in [0.25, 0.3) is 5.91 Å². The van der Waals surface area contributed by atoms with Crippen LogP contribution < -0.4 is 0 Å². The first-order chi connectivity index (χ1) is 15.8. The van der Waals surface area contributed by atoms with E-state index in [0.29, 0.717) is 23.7 Å². The topological polar surface area (TPSA) is 75.5 Å². The second-order valence-corrected chi connectivity index (χ2v) is 10.8. The predicted octanol–water partition coefficient (Wildman–Crippen LogP) is 3.12. The van der Waals surface area contributed by atoms with E-state index >= 15 is 0 Å². The molecule has 0 radical (unpaired) electrons. The van der Waals surface area contributed by atoms with Crippen LogP contribution in [-0.2, 0) is 22.9 Å². The van der Waals surface area contributed by atoms with Gasteiger partial charge in [0.2, 0.25) is 10.0 Å². The molecule has 1 aliphatic carbocycles. The smallest absolute Gasteiger partial charge is 0.274 e. The second kappa shape index (κ2) is 8.43. The first-order valence-electron chi connectivity index (χ1n) is 11.4. The number of rotatable bonds is 4. The molecule has 1 amide bonds. The van der Waals surface area contributed by atoms with Crippen LogP contribution in [0.25, 0.3) is 5.69 Å². The van der Waals surface area contributed by atoms with E-state index in [1.807, 2.05) is 42.8 Å². The van der Waals surface area contributed by atoms with Crippen molar-refractivity contribution in [1.82, 2.24) is 19.0 Å². The maximum absolute atomic E-state index is 13.4. The molecule has 33 heavy (non-hydrogen) atoms. The highest BCUT2D eigenvalue weighted by molar-refractivity contribution is 7.89. The molecule has 0 saturated carbocycles. The van der Waals surface area contributed by atoms with Crippen LogP contribution in [0.1, 0.15) is 39.3 Å². The van der Waals surface area contributed by atoms with Crippen molar-refractivity contribution in [1.29, 1.82) is 0 Å². The number of amides is 1. The second-order valence-electron chi connectivity index (χ2n) is 8.88. The Morgan fingerprint density at radius 3 is 2.09 bits per heavy atom. The highest BCUT2D eigenvalue weighted by Gasteiger charge is 2.34. The van der Waals surface area contributed by atoms with Gasteiger partial charge in [-0.2, -0.15) is 9.40 Å². The zero-order valence-corrected chi connectivity index (χ0v) is 19.8. The number of hydrogen-bond acceptors (Lipinski definition) is 4. The van der Waals surface area contributed by atoms with Crippen LogP contribution in [0.3, 0.4) is 0 Å². The SMILES string of the molecule is Cc1ccc(-n2nc(C(=O)N3CCN(S(=O)(=O)c4ccc(C)cc4)CC3)c3c2CCC3)cc1. The molecule has 172 valence electrons. The lowest BCUT2D eigenvalue weighted by Crippen LogP contribution is -2.50. The number of fused-ring (bicyclic) bond motifs is 1. The van der Waals surface area contributed by atoms with Gasteiger partial charge in [-0.1, -0.05) is 35.4 Å². The van der Waals surface area contributed by atoms with Crippen molar-refractivity contribution < 1.29 is 13.2 Å². The summed E-state index contributed by atoms with van der Waals surface area (Å²) < 4.78 is 29.4. The molecule has 1 aliphatic heterocycles. The normalized spacial score (nSPS) is 16.7. The Kier molecular flexibility index (Phi) is 5.58. The van der Waals surface area contributed by atoms with Gasteiger partial charge >= 0.3 is 0 Å². The fraction of sp³-hybridized carbons (Fsp3) is 0.360. The molecule has 7 nitrogen and oxygen atoms in total. The minimum Gasteiger partial charge on any atom is -0.335 e. The van der Waals surface area contributed by atoms with E-state index in [-0.39, 0.29) is 19.0 Å². The predicted molar refractivity (Wildman–Crippen MR) is 126 cm³/mol. The summed E-state index contributed by atoms with van der Waals surface area (Å²) in [6, 6.07) is 15.1. The fourth-order valence-corrected chi connectivity index (χ4v) is 6.07. The van der Waals surface area contributed by atoms with Crippen molar-refractivity contribution in [2.45, 2.75) is 38.0 Å². The third kappa shape index (κ3) is 3.98. The molecule has 0 unspecified atom stereocenters. The fourth-order valence-electron chi connectivity index (χ4n) is 4.65. The first kappa shape index (κ1) is 21.9. The first-order valence-corrected chi connectivity index (χ1v) is 12.8. The molecule has 1 saturated heterocycles. The molecular formula is C25H28N4O3S. The average molecular weight is 465 g/mol. The number of hydrogen-bond donors (Lipinski definition) is 0. The van der Waals surface area contributed by atoms with Crippen molar-refractivity contribution in [3.8, 4) is 5.69 Å². The number of carbonyl (C=O) groups excluding carboxylic acids is 1. The molecule has 8 heteroatoms. The van der Waals surface area contributed by atoms with E-state index in [1.54, 1.807) is 29.2 Å². The van der Waals surface area contributed by atoms with Crippen LogP contribution in [-0.4, -0.2) is 59.5 Å². The molecular weight excluding hydrogens is 436 g/mol. The van der Waals surface area contributed by atoms with E-state index in [9.17, 15) is 13.2 Å². The van der Waals surface area contributed by atoms with Crippen LogP contribution in [0.2, 0.25) is 0 Å². The summed E-state index contributed by atoms with van der Waals surface area (Å²) in [5.74, 6) is -0.105. The molecule has 2 heterocycles. The molecule has 0 bridgehead atoms. The van der Waals surface area contributed by atoms with Crippen molar-refractivity contribution in [3.63, 3.8) is 0 Å². The summed E-state index contributed by atoms with van der Waals surface area (Å²) in [7, 11) is -3.56. The number of aromatic nitrogens is 2. The van der Waals surface area contributed by atoms with Gasteiger partial charge in [0.05, 0.1) is 10.6 Å². The lowest BCUT2D eigenvalue weighted by atomic mass is 10.1. The van der Waals surface area contributed by atoms with Crippen LogP contribution in [0.15, 0.2) is 53.4 Å². The minimum atomic E-state index is -3.56. The Bertz CT molecular complexity index is 1290. The largest absolute Gasteiger partial charge is 0.335 e. The lowest BCUT2D eigenvalue weighted by molar-refractivity contribution is 0.0690. The van der Waals surface area contributed by atoms with Gasteiger partial charge in [0.1, 0.15) is 0 Å². The molecule has 2 aromatic carbocycles. The Hall–Kier alpha value is -2.97. The van der Waals surface area contributed by atoms with E-state index in [0.717, 1.165) is 41.8 Å². The zero-order chi connectivity index (χ0) is 23.2. The molecule has 3 aromatic rings. The van der Waals surface area contributed by atoms with E-state index in [4.69, 9.17) is 5.10 Å². The highest BCUT2D eigenvalue weighted by atomic mass is 32.2. The Morgan fingerprint density at radius 2 is 1.45 bits per heavy atom. The maximum Gasteiger partial charge on any atom is 0.274 e. The Morgan fingerprint density at radius 1 is 0.848 bits per heavy atom. The molecule has 0 spiro atoms. The summed E-state index contributed by atoms with van der Waals surface area (Å²) in [6.07, 6.45) is 2.78. The Labute approximate surface area is 194 Å². The van der Waals surface area contributed by atoms with Gasteiger partial charge < -0.3 is 4.90 Å². The van der Waals surface area contributed by atoms with Crippen LogP contribution in [0, 0.1) is 13.8 Å². The van der Waals surface area contributed by atoms with Crippen LogP contribution >= 0.6 is 0 Å². The average Bonchev–Trinajstić information content (AvgIpc) is 3.43. The Balaban J connectivity index is 1.34. The molecule has 0 N–H and O–H groups in total. The third-order valence-electron chi connectivity index (χ3n) is 6.60. The van der Waals surface area contributed by atoms with Gasteiger partial charge in [-0.3, -0.25) is 4.79 Å². The lowest BCUT2D eigenvalue weighted by Gasteiger charge is -2.33. The number of sulfonamides is 1. The molecule has 5 rings (SSSR count). The third-order valence-corrected chi connectivity index (χ3v) is 8.51. The van der Waals surface area contributed by atoms with Gasteiger partial charge in [-0.15, -0.1) is 0 Å². The molecule has 2 aliphatic rings. The van der Waals surface area contributed by atoms with Crippen molar-refractivity contribution >= 4 is 15.9 Å². The molecule has 1 aromatic heterocycles. The molecule has 1 fully saturated rings. The van der Waals surface area contributed by atoms with Crippen molar-refractivity contribution in [2.24, 2.45) is 0 Å². The van der Waals surface area contributed by atoms with E-state index in [2.05, 4.69) is 0 Å². The highest BCUT2D eigenvalue weighted by Crippen LogP contribution is 2.29. The molecule has 0 atom stereocenters. The number of nitrogens with zero attached hydrogens (tertiary/aromatic N) is 4. The van der Waals surface area contributed by atoms with Gasteiger partial charge in [0, 0.05) is 37.4 Å². The standard InChI is InChI=1S/C25H28N4O3S/c1-18-6-10-20(11-7-18)29-23-5-3-4-22(23)24(26-29)25(30)27-14-16-28(17-15-27)33(31,32)21-12-8-19(2)9-13-21/h6-13H,3-5,14-17H2,1-2H3. The van der Waals surface area contributed by atoms with Gasteiger partial charge in [0.15, 0.2) is 5.69 Å². The van der Waals surface area contributed by atoms with Crippen LogP contribution in [0.5, 0.6) is 0 Å². The number of benzene rings is 2. The number of aryl methyl sites for hydroxylation is 2. The summed E-state index contributed by atoms with van der Waals surface area (Å²) in [6.45, 7) is 5.25. The van der Waals surface area contributed by atoms with Crippen molar-refractivity contribution in [3.05, 3.63) is 76.6 Å². The summed E-state index contributed by atoms with van der Waals surface area (Å²) in [5, 5.41) is 4.72. The van der Waals surface area contributed by atoms with E-state index < -0.39 is 10.0 Å². The van der Waals surface area contributed by atoms with Crippen LogP contribution in [0.4, 0.5) is 0 Å². The maximum atomic E-state index is 13.4. The quantitative estimate of drug-likeness (QED) is 0.595. The van der Waals surface area contributed by atoms with Crippen molar-refractivity contribution in [2.75, 3.05) is 26.2 Å². The zero-order valence-electron chi connectivity index (χ0n) is 19.0. The summed E-state index contributed by atoms with van der Waals surface area (Å²) >= 11 is 0. The number of carbonyl (C=O) groups is 1. The minimum absolute atomic E-state index is 0.105. The summed E-state index contributed by atoms with van der Waals surface area (Å²) in [4.78, 5) is 15.4.